The third-order valence-corrected chi connectivity index (χ3v) is 6.85. The summed E-state index contributed by atoms with van der Waals surface area (Å²) in [7, 11) is 0. The van der Waals surface area contributed by atoms with E-state index in [9.17, 15) is 14.4 Å². The van der Waals surface area contributed by atoms with E-state index < -0.39 is 17.6 Å². The highest BCUT2D eigenvalue weighted by Crippen LogP contribution is 2.46. The topological polar surface area (TPSA) is 70.6 Å². The summed E-state index contributed by atoms with van der Waals surface area (Å²) in [5.41, 5.74) is 3.98. The normalized spacial score (nSPS) is 17.5. The molecule has 1 fully saturated rings. The van der Waals surface area contributed by atoms with Gasteiger partial charge in [-0.25, -0.2) is 4.98 Å². The number of ketones is 1. The fourth-order valence-electron chi connectivity index (χ4n) is 4.83. The Morgan fingerprint density at radius 2 is 1.54 bits per heavy atom. The SMILES string of the molecule is CCN1C(=O)C(=O)/C(=C2/C=C(c3ccccc3)N(c3ccc(Cl)cc3)c3nc4ccccc4cc32)C1=O. The highest BCUT2D eigenvalue weighted by Gasteiger charge is 2.44. The number of aromatic nitrogens is 1. The van der Waals surface area contributed by atoms with Gasteiger partial charge >= 0.3 is 5.91 Å². The van der Waals surface area contributed by atoms with Gasteiger partial charge in [-0.15, -0.1) is 0 Å². The largest absolute Gasteiger partial charge is 0.302 e. The first-order valence-corrected chi connectivity index (χ1v) is 12.2. The number of halogens is 1. The average Bonchev–Trinajstić information content (AvgIpc) is 3.14. The van der Waals surface area contributed by atoms with Crippen LogP contribution in [0.3, 0.4) is 0 Å². The molecule has 7 heteroatoms. The van der Waals surface area contributed by atoms with Gasteiger partial charge in [0.15, 0.2) is 0 Å². The van der Waals surface area contributed by atoms with E-state index >= 15 is 0 Å². The maximum Gasteiger partial charge on any atom is 0.302 e. The lowest BCUT2D eigenvalue weighted by Crippen LogP contribution is -2.30. The Hall–Kier alpha value is -4.55. The van der Waals surface area contributed by atoms with Crippen molar-refractivity contribution in [3.8, 4) is 0 Å². The van der Waals surface area contributed by atoms with E-state index in [0.717, 1.165) is 27.1 Å². The van der Waals surface area contributed by atoms with E-state index in [2.05, 4.69) is 0 Å². The zero-order chi connectivity index (χ0) is 25.7. The van der Waals surface area contributed by atoms with Gasteiger partial charge in [0.25, 0.3) is 11.7 Å². The van der Waals surface area contributed by atoms with Crippen molar-refractivity contribution in [3.63, 3.8) is 0 Å². The van der Waals surface area contributed by atoms with Crippen LogP contribution >= 0.6 is 11.6 Å². The van der Waals surface area contributed by atoms with E-state index in [0.29, 0.717) is 27.7 Å². The van der Waals surface area contributed by atoms with Crippen LogP contribution in [-0.2, 0) is 14.4 Å². The van der Waals surface area contributed by atoms with Crippen molar-refractivity contribution < 1.29 is 14.4 Å². The number of benzene rings is 3. The summed E-state index contributed by atoms with van der Waals surface area (Å²) in [5, 5.41) is 1.45. The number of carbonyl (C=O) groups excluding carboxylic acids is 3. The zero-order valence-electron chi connectivity index (χ0n) is 19.8. The molecule has 0 N–H and O–H groups in total. The van der Waals surface area contributed by atoms with Gasteiger partial charge in [-0.05, 0) is 55.0 Å². The molecular weight excluding hydrogens is 486 g/mol. The Kier molecular flexibility index (Phi) is 5.46. The van der Waals surface area contributed by atoms with Crippen LogP contribution in [0, 0.1) is 0 Å². The van der Waals surface area contributed by atoms with Crippen molar-refractivity contribution in [2.24, 2.45) is 0 Å². The number of pyridine rings is 1. The average molecular weight is 506 g/mol. The molecule has 37 heavy (non-hydrogen) atoms. The fraction of sp³-hybridized carbons (Fsp3) is 0.0667. The molecule has 1 aromatic heterocycles. The van der Waals surface area contributed by atoms with Gasteiger partial charge in [-0.2, -0.15) is 0 Å². The standard InChI is InChI=1S/C30H20ClN3O3/c1-2-33-29(36)26(27(35)30(33)37)22-17-25(18-8-4-3-5-9-18)34(21-14-12-20(31)13-15-21)28-23(22)16-19-10-6-7-11-24(19)32-28/h3-17H,2H2,1H3/b26-22+. The number of allylic oxidation sites excluding steroid dienone is 2. The van der Waals surface area contributed by atoms with Crippen molar-refractivity contribution >= 4 is 62.9 Å². The third-order valence-electron chi connectivity index (χ3n) is 6.59. The summed E-state index contributed by atoms with van der Waals surface area (Å²) < 4.78 is 0. The lowest BCUT2D eigenvalue weighted by Gasteiger charge is -2.33. The number of anilines is 2. The van der Waals surface area contributed by atoms with Gasteiger partial charge in [-0.1, -0.05) is 60.1 Å². The highest BCUT2D eigenvalue weighted by atomic mass is 35.5. The quantitative estimate of drug-likeness (QED) is 0.152. The first kappa shape index (κ1) is 22.9. The maximum atomic E-state index is 13.3. The van der Waals surface area contributed by atoms with Gasteiger partial charge in [-0.3, -0.25) is 24.2 Å². The van der Waals surface area contributed by atoms with Crippen LogP contribution in [0.4, 0.5) is 11.5 Å². The third kappa shape index (κ3) is 3.65. The molecule has 4 aromatic rings. The molecule has 3 heterocycles. The molecule has 6 nitrogen and oxygen atoms in total. The molecule has 0 spiro atoms. The predicted octanol–water partition coefficient (Wildman–Crippen LogP) is 5.79. The van der Waals surface area contributed by atoms with E-state index in [1.165, 1.54) is 0 Å². The van der Waals surface area contributed by atoms with Gasteiger partial charge < -0.3 is 0 Å². The van der Waals surface area contributed by atoms with E-state index in [1.54, 1.807) is 25.1 Å². The van der Waals surface area contributed by atoms with Crippen molar-refractivity contribution in [1.82, 2.24) is 9.88 Å². The zero-order valence-corrected chi connectivity index (χ0v) is 20.6. The van der Waals surface area contributed by atoms with Crippen LogP contribution in [-0.4, -0.2) is 34.0 Å². The number of fused-ring (bicyclic) bond motifs is 2. The van der Waals surface area contributed by atoms with Gasteiger partial charge in [0.1, 0.15) is 11.4 Å². The minimum absolute atomic E-state index is 0.120. The molecule has 0 atom stereocenters. The van der Waals surface area contributed by atoms with Crippen molar-refractivity contribution in [1.29, 1.82) is 0 Å². The Labute approximate surface area is 218 Å². The second-order valence-corrected chi connectivity index (χ2v) is 9.17. The summed E-state index contributed by atoms with van der Waals surface area (Å²) in [6, 6.07) is 26.6. The van der Waals surface area contributed by atoms with Crippen molar-refractivity contribution in [2.75, 3.05) is 11.4 Å². The Morgan fingerprint density at radius 1 is 0.838 bits per heavy atom. The number of carbonyl (C=O) groups is 3. The van der Waals surface area contributed by atoms with Gasteiger partial charge in [0.2, 0.25) is 0 Å². The minimum Gasteiger partial charge on any atom is -0.294 e. The number of likely N-dealkylation sites (tertiary alicyclic amines) is 1. The molecule has 0 radical (unpaired) electrons. The first-order chi connectivity index (χ1) is 18.0. The number of para-hydroxylation sites is 1. The molecule has 0 bridgehead atoms. The first-order valence-electron chi connectivity index (χ1n) is 11.9. The second-order valence-electron chi connectivity index (χ2n) is 8.73. The van der Waals surface area contributed by atoms with E-state index in [1.807, 2.05) is 77.7 Å². The Bertz CT molecular complexity index is 1670. The molecule has 3 aromatic carbocycles. The smallest absolute Gasteiger partial charge is 0.294 e. The number of hydrogen-bond donors (Lipinski definition) is 0. The molecule has 180 valence electrons. The number of imide groups is 1. The second kappa shape index (κ2) is 8.84. The van der Waals surface area contributed by atoms with Crippen LogP contribution in [0.5, 0.6) is 0 Å². The number of hydrogen-bond acceptors (Lipinski definition) is 5. The lowest BCUT2D eigenvalue weighted by molar-refractivity contribution is -0.142. The van der Waals surface area contributed by atoms with Gasteiger partial charge in [0.05, 0.1) is 11.2 Å². The Morgan fingerprint density at radius 3 is 2.24 bits per heavy atom. The van der Waals surface area contributed by atoms with E-state index in [4.69, 9.17) is 16.6 Å². The van der Waals surface area contributed by atoms with Crippen molar-refractivity contribution in [3.05, 3.63) is 113 Å². The van der Waals surface area contributed by atoms with Crippen molar-refractivity contribution in [2.45, 2.75) is 6.92 Å². The molecule has 1 saturated heterocycles. The van der Waals surface area contributed by atoms with Crippen LogP contribution < -0.4 is 4.90 Å². The molecule has 2 aliphatic heterocycles. The number of amides is 2. The molecule has 0 aliphatic carbocycles. The van der Waals surface area contributed by atoms with Crippen LogP contribution in [0.1, 0.15) is 18.1 Å². The summed E-state index contributed by atoms with van der Waals surface area (Å²) >= 11 is 6.20. The Balaban J connectivity index is 1.72. The monoisotopic (exact) mass is 505 g/mol. The summed E-state index contributed by atoms with van der Waals surface area (Å²) in [5.74, 6) is -1.65. The highest BCUT2D eigenvalue weighted by molar-refractivity contribution is 6.58. The summed E-state index contributed by atoms with van der Waals surface area (Å²) in [6.07, 6.45) is 1.81. The van der Waals surface area contributed by atoms with E-state index in [-0.39, 0.29) is 12.1 Å². The van der Waals surface area contributed by atoms with Crippen LogP contribution in [0.2, 0.25) is 5.02 Å². The molecule has 0 saturated carbocycles. The predicted molar refractivity (Wildman–Crippen MR) is 144 cm³/mol. The number of Topliss-reactive ketones (excluding diaryl/α,β-unsaturated/α-hetero) is 1. The number of nitrogens with zero attached hydrogens (tertiary/aromatic N) is 3. The number of rotatable bonds is 3. The lowest BCUT2D eigenvalue weighted by atomic mass is 9.91. The number of likely N-dealkylation sites (N-methyl/N-ethyl adjacent to an activating group) is 1. The molecule has 2 aliphatic rings. The van der Waals surface area contributed by atoms with Crippen LogP contribution in [0.25, 0.3) is 22.2 Å². The summed E-state index contributed by atoms with van der Waals surface area (Å²) in [6.45, 7) is 1.79. The molecule has 2 amide bonds. The molecular formula is C30H20ClN3O3. The molecule has 0 unspecified atom stereocenters. The molecule has 6 rings (SSSR count). The van der Waals surface area contributed by atoms with Crippen LogP contribution in [0.15, 0.2) is 96.6 Å². The fourth-order valence-corrected chi connectivity index (χ4v) is 4.95. The maximum absolute atomic E-state index is 13.3. The minimum atomic E-state index is -0.805. The van der Waals surface area contributed by atoms with Gasteiger partial charge in [0, 0.05) is 33.8 Å². The summed E-state index contributed by atoms with van der Waals surface area (Å²) in [4.78, 5) is 47.1.